The molecule has 0 fully saturated rings. The summed E-state index contributed by atoms with van der Waals surface area (Å²) in [7, 11) is 0. The van der Waals surface area contributed by atoms with Crippen molar-refractivity contribution in [1.82, 2.24) is 0 Å². The number of hydrogen-bond acceptors (Lipinski definition) is 4. The Labute approximate surface area is 98.9 Å². The van der Waals surface area contributed by atoms with Gasteiger partial charge >= 0.3 is 17.9 Å². The fraction of sp³-hybridized carbons (Fsp3) is 0.545. The molecule has 0 saturated carbocycles. The van der Waals surface area contributed by atoms with E-state index in [-0.39, 0.29) is 11.7 Å². The topological polar surface area (TPSA) is 101 Å². The van der Waals surface area contributed by atoms with Gasteiger partial charge in [0.1, 0.15) is 0 Å². The Balaban J connectivity index is 4.67. The second-order valence-electron chi connectivity index (χ2n) is 3.64. The first-order valence-corrected chi connectivity index (χ1v) is 5.13. The Morgan fingerprint density at radius 3 is 2.18 bits per heavy atom. The zero-order chi connectivity index (χ0) is 13.6. The molecule has 0 spiro atoms. The van der Waals surface area contributed by atoms with E-state index in [1.807, 2.05) is 0 Å². The van der Waals surface area contributed by atoms with Crippen molar-refractivity contribution in [2.75, 3.05) is 0 Å². The number of rotatable bonds is 7. The molecule has 96 valence electrons. The van der Waals surface area contributed by atoms with Gasteiger partial charge in [-0.1, -0.05) is 13.5 Å². The number of ether oxygens (including phenoxy) is 1. The molecule has 17 heavy (non-hydrogen) atoms. The van der Waals surface area contributed by atoms with Gasteiger partial charge in [-0.15, -0.1) is 0 Å². The number of hydrogen-bond donors (Lipinski definition) is 2. The quantitative estimate of drug-likeness (QED) is 0.513. The van der Waals surface area contributed by atoms with Crippen LogP contribution in [0.5, 0.6) is 0 Å². The van der Waals surface area contributed by atoms with Gasteiger partial charge in [-0.25, -0.2) is 4.79 Å². The molecule has 0 aromatic carbocycles. The molecule has 0 rings (SSSR count). The van der Waals surface area contributed by atoms with Crippen LogP contribution in [0.25, 0.3) is 0 Å². The fourth-order valence-electron chi connectivity index (χ4n) is 1.02. The number of carboxylic acids is 2. The van der Waals surface area contributed by atoms with Crippen LogP contribution >= 0.6 is 0 Å². The van der Waals surface area contributed by atoms with Gasteiger partial charge < -0.3 is 14.9 Å². The molecule has 0 saturated heterocycles. The van der Waals surface area contributed by atoms with Crippen LogP contribution in [0, 0.1) is 5.92 Å². The minimum Gasteiger partial charge on any atom is -0.481 e. The predicted molar refractivity (Wildman–Crippen MR) is 58.4 cm³/mol. The van der Waals surface area contributed by atoms with Gasteiger partial charge in [-0.3, -0.25) is 9.59 Å². The van der Waals surface area contributed by atoms with Gasteiger partial charge in [-0.05, 0) is 13.3 Å². The highest BCUT2D eigenvalue weighted by molar-refractivity contribution is 5.96. The van der Waals surface area contributed by atoms with E-state index >= 15 is 0 Å². The van der Waals surface area contributed by atoms with Gasteiger partial charge in [0.2, 0.25) is 0 Å². The Hall–Kier alpha value is -1.85. The number of esters is 1. The molecule has 0 aromatic heterocycles. The molecule has 6 heteroatoms. The lowest BCUT2D eigenvalue weighted by Gasteiger charge is -2.15. The highest BCUT2D eigenvalue weighted by Gasteiger charge is 2.29. The molecule has 0 radical (unpaired) electrons. The maximum Gasteiger partial charge on any atom is 0.334 e. The third kappa shape index (κ3) is 5.14. The predicted octanol–water partition coefficient (Wildman–Crippen LogP) is 1.06. The molecule has 2 atom stereocenters. The van der Waals surface area contributed by atoms with Crippen LogP contribution in [-0.4, -0.2) is 34.2 Å². The van der Waals surface area contributed by atoms with E-state index in [2.05, 4.69) is 6.58 Å². The zero-order valence-electron chi connectivity index (χ0n) is 9.80. The van der Waals surface area contributed by atoms with Crippen LogP contribution in [0.4, 0.5) is 0 Å². The molecule has 6 nitrogen and oxygen atoms in total. The molecule has 0 amide bonds. The van der Waals surface area contributed by atoms with Crippen LogP contribution in [0.1, 0.15) is 26.7 Å². The normalized spacial score (nSPS) is 13.5. The van der Waals surface area contributed by atoms with Crippen molar-refractivity contribution in [1.29, 1.82) is 0 Å². The zero-order valence-corrected chi connectivity index (χ0v) is 9.80. The molecule has 2 N–H and O–H groups in total. The van der Waals surface area contributed by atoms with Gasteiger partial charge in [0.15, 0.2) is 0 Å². The van der Waals surface area contributed by atoms with Crippen LogP contribution in [0.15, 0.2) is 12.2 Å². The van der Waals surface area contributed by atoms with Gasteiger partial charge in [0.05, 0.1) is 18.4 Å². The third-order valence-corrected chi connectivity index (χ3v) is 2.24. The maximum absolute atomic E-state index is 11.5. The molecule has 2 unspecified atom stereocenters. The Kier molecular flexibility index (Phi) is 5.95. The minimum atomic E-state index is -1.45. The summed E-state index contributed by atoms with van der Waals surface area (Å²) in [5.74, 6) is -5.04. The molecule has 0 aliphatic rings. The van der Waals surface area contributed by atoms with E-state index in [0.29, 0.717) is 6.42 Å². The Morgan fingerprint density at radius 1 is 1.29 bits per heavy atom. The summed E-state index contributed by atoms with van der Waals surface area (Å²) in [6.07, 6.45) is -0.474. The maximum atomic E-state index is 11.5. The SMILES string of the molecule is C=C(C(=O)OC(C)CC)C(CC(=O)O)C(=O)O. The number of aliphatic carboxylic acids is 2. The van der Waals surface area contributed by atoms with Crippen LogP contribution in [-0.2, 0) is 19.1 Å². The van der Waals surface area contributed by atoms with Crippen LogP contribution in [0.3, 0.4) is 0 Å². The summed E-state index contributed by atoms with van der Waals surface area (Å²) in [5, 5.41) is 17.3. The van der Waals surface area contributed by atoms with E-state index < -0.39 is 30.2 Å². The van der Waals surface area contributed by atoms with Crippen LogP contribution in [0.2, 0.25) is 0 Å². The van der Waals surface area contributed by atoms with Crippen molar-refractivity contribution < 1.29 is 29.3 Å². The van der Waals surface area contributed by atoms with Gasteiger partial charge in [-0.2, -0.15) is 0 Å². The van der Waals surface area contributed by atoms with Crippen molar-refractivity contribution in [2.45, 2.75) is 32.8 Å². The first-order valence-electron chi connectivity index (χ1n) is 5.13. The monoisotopic (exact) mass is 244 g/mol. The lowest BCUT2D eigenvalue weighted by molar-refractivity contribution is -0.151. The number of carboxylic acid groups (broad SMARTS) is 2. The van der Waals surface area contributed by atoms with Crippen molar-refractivity contribution in [3.8, 4) is 0 Å². The van der Waals surface area contributed by atoms with E-state index in [1.54, 1.807) is 13.8 Å². The minimum absolute atomic E-state index is 0.347. The summed E-state index contributed by atoms with van der Waals surface area (Å²) in [6, 6.07) is 0. The first-order chi connectivity index (χ1) is 7.79. The van der Waals surface area contributed by atoms with E-state index in [1.165, 1.54) is 0 Å². The Morgan fingerprint density at radius 2 is 1.82 bits per heavy atom. The van der Waals surface area contributed by atoms with Gasteiger partial charge in [0, 0.05) is 5.57 Å². The lowest BCUT2D eigenvalue weighted by atomic mass is 9.97. The van der Waals surface area contributed by atoms with Crippen molar-refractivity contribution in [2.24, 2.45) is 5.92 Å². The molecule has 0 bridgehead atoms. The summed E-state index contributed by atoms with van der Waals surface area (Å²) in [6.45, 7) is 6.75. The number of carbonyl (C=O) groups is 3. The average molecular weight is 244 g/mol. The second-order valence-corrected chi connectivity index (χ2v) is 3.64. The van der Waals surface area contributed by atoms with E-state index in [9.17, 15) is 14.4 Å². The smallest absolute Gasteiger partial charge is 0.334 e. The summed E-state index contributed by atoms with van der Waals surface area (Å²) in [5.41, 5.74) is -0.347. The van der Waals surface area contributed by atoms with Crippen LogP contribution < -0.4 is 0 Å². The molecule has 0 aliphatic heterocycles. The average Bonchev–Trinajstić information content (AvgIpc) is 2.23. The molecule has 0 heterocycles. The summed E-state index contributed by atoms with van der Waals surface area (Å²) < 4.78 is 4.88. The third-order valence-electron chi connectivity index (χ3n) is 2.24. The highest BCUT2D eigenvalue weighted by Crippen LogP contribution is 2.17. The lowest BCUT2D eigenvalue weighted by Crippen LogP contribution is -2.26. The molecule has 0 aliphatic carbocycles. The highest BCUT2D eigenvalue weighted by atomic mass is 16.5. The Bertz CT molecular complexity index is 333. The molecular weight excluding hydrogens is 228 g/mol. The largest absolute Gasteiger partial charge is 0.481 e. The van der Waals surface area contributed by atoms with Crippen molar-refractivity contribution in [3.63, 3.8) is 0 Å². The van der Waals surface area contributed by atoms with E-state index in [0.717, 1.165) is 0 Å². The fourth-order valence-corrected chi connectivity index (χ4v) is 1.02. The van der Waals surface area contributed by atoms with Crippen molar-refractivity contribution >= 4 is 17.9 Å². The number of carbonyl (C=O) groups excluding carboxylic acids is 1. The second kappa shape index (κ2) is 6.67. The molecule has 0 aromatic rings. The summed E-state index contributed by atoms with van der Waals surface area (Å²) in [4.78, 5) is 32.7. The van der Waals surface area contributed by atoms with Crippen molar-refractivity contribution in [3.05, 3.63) is 12.2 Å². The van der Waals surface area contributed by atoms with E-state index in [4.69, 9.17) is 14.9 Å². The van der Waals surface area contributed by atoms with Gasteiger partial charge in [0.25, 0.3) is 0 Å². The first kappa shape index (κ1) is 15.2. The summed E-state index contributed by atoms with van der Waals surface area (Å²) >= 11 is 0. The molecular formula is C11H16O6. The standard InChI is InChI=1S/C11H16O6/c1-4-6(2)17-11(16)7(3)8(10(14)15)5-9(12)13/h6,8H,3-5H2,1-2H3,(H,12,13)(H,14,15).